The quantitative estimate of drug-likeness (QED) is 0.0275. The van der Waals surface area contributed by atoms with E-state index in [1.165, 1.54) is 141 Å². The molecule has 0 saturated heterocycles. The molecule has 0 rings (SSSR count). The van der Waals surface area contributed by atoms with Crippen molar-refractivity contribution < 1.29 is 37.9 Å². The molecule has 0 bridgehead atoms. The molecule has 0 spiro atoms. The standard InChI is InChI=1S/C42H81O8P/c1-3-5-7-9-11-13-15-17-19-21-23-24-26-28-30-32-34-36-41(43)48-38-40(39-49-51(45,46)47)50-42(44)37-35-33-31-29-27-25-22-20-18-16-14-12-10-8-6-4-2/h20,22,40H,3-19,21,23-39H2,1-2H3,(H2,45,46,47)/b22-20-/t40-/m1/s1. The number of phosphoric acid groups is 1. The minimum atomic E-state index is -4.75. The third kappa shape index (κ3) is 41.4. The van der Waals surface area contributed by atoms with Crippen LogP contribution >= 0.6 is 7.82 Å². The first-order valence-electron chi connectivity index (χ1n) is 21.5. The third-order valence-corrected chi connectivity index (χ3v) is 10.0. The van der Waals surface area contributed by atoms with E-state index in [0.717, 1.165) is 51.4 Å². The summed E-state index contributed by atoms with van der Waals surface area (Å²) < 4.78 is 26.4. The van der Waals surface area contributed by atoms with Crippen molar-refractivity contribution in [3.05, 3.63) is 12.2 Å². The molecule has 0 heterocycles. The molecule has 0 unspecified atom stereocenters. The van der Waals surface area contributed by atoms with Crippen LogP contribution in [0.1, 0.15) is 226 Å². The van der Waals surface area contributed by atoms with Crippen LogP contribution in [0.4, 0.5) is 0 Å². The first kappa shape index (κ1) is 49.8. The SMILES string of the molecule is CCCCCCCCC/C=C\CCCCCCCC(=O)O[C@H](COC(=O)CCCCCCCCCCCCCCCCCCC)COP(=O)(O)O. The molecule has 302 valence electrons. The summed E-state index contributed by atoms with van der Waals surface area (Å²) >= 11 is 0. The Morgan fingerprint density at radius 2 is 0.824 bits per heavy atom. The predicted molar refractivity (Wildman–Crippen MR) is 212 cm³/mol. The van der Waals surface area contributed by atoms with Crippen LogP contribution in [0.15, 0.2) is 12.2 Å². The maximum Gasteiger partial charge on any atom is 0.469 e. The number of carbonyl (C=O) groups is 2. The lowest BCUT2D eigenvalue weighted by Crippen LogP contribution is -2.29. The van der Waals surface area contributed by atoms with Crippen LogP contribution < -0.4 is 0 Å². The fraction of sp³-hybridized carbons (Fsp3) is 0.905. The zero-order valence-electron chi connectivity index (χ0n) is 33.3. The summed E-state index contributed by atoms with van der Waals surface area (Å²) in [7, 11) is -4.75. The highest BCUT2D eigenvalue weighted by molar-refractivity contribution is 7.46. The predicted octanol–water partition coefficient (Wildman–Crippen LogP) is 13.0. The number of hydrogen-bond donors (Lipinski definition) is 2. The summed E-state index contributed by atoms with van der Waals surface area (Å²) in [6.45, 7) is 3.70. The minimum absolute atomic E-state index is 0.206. The van der Waals surface area contributed by atoms with Crippen LogP contribution in [0.3, 0.4) is 0 Å². The van der Waals surface area contributed by atoms with Crippen LogP contribution in [0.2, 0.25) is 0 Å². The van der Waals surface area contributed by atoms with Gasteiger partial charge in [0.25, 0.3) is 0 Å². The van der Waals surface area contributed by atoms with Gasteiger partial charge in [0.15, 0.2) is 6.10 Å². The van der Waals surface area contributed by atoms with Crippen LogP contribution in [-0.2, 0) is 28.2 Å². The van der Waals surface area contributed by atoms with Crippen molar-refractivity contribution in [3.8, 4) is 0 Å². The molecule has 9 heteroatoms. The van der Waals surface area contributed by atoms with Gasteiger partial charge >= 0.3 is 19.8 Å². The van der Waals surface area contributed by atoms with Gasteiger partial charge in [-0.25, -0.2) is 4.57 Å². The first-order chi connectivity index (χ1) is 24.8. The fourth-order valence-corrected chi connectivity index (χ4v) is 6.67. The van der Waals surface area contributed by atoms with Gasteiger partial charge in [-0.1, -0.05) is 187 Å². The summed E-state index contributed by atoms with van der Waals surface area (Å²) in [5.74, 6) is -0.882. The van der Waals surface area contributed by atoms with Crippen molar-refractivity contribution in [3.63, 3.8) is 0 Å². The highest BCUT2D eigenvalue weighted by Gasteiger charge is 2.22. The Morgan fingerprint density at radius 3 is 1.20 bits per heavy atom. The van der Waals surface area contributed by atoms with E-state index in [1.807, 2.05) is 0 Å². The van der Waals surface area contributed by atoms with E-state index in [-0.39, 0.29) is 19.4 Å². The lowest BCUT2D eigenvalue weighted by molar-refractivity contribution is -0.161. The summed E-state index contributed by atoms with van der Waals surface area (Å²) in [5.41, 5.74) is 0. The van der Waals surface area contributed by atoms with Crippen molar-refractivity contribution in [1.82, 2.24) is 0 Å². The maximum atomic E-state index is 12.4. The molecule has 0 amide bonds. The molecule has 1 atom stereocenters. The van der Waals surface area contributed by atoms with Crippen molar-refractivity contribution >= 4 is 19.8 Å². The van der Waals surface area contributed by atoms with Crippen LogP contribution in [0, 0.1) is 0 Å². The smallest absolute Gasteiger partial charge is 0.462 e. The molecule has 0 saturated carbocycles. The number of allylic oxidation sites excluding steroid dienone is 2. The Kier molecular flexibility index (Phi) is 37.6. The number of carbonyl (C=O) groups excluding carboxylic acids is 2. The topological polar surface area (TPSA) is 119 Å². The van der Waals surface area contributed by atoms with Gasteiger partial charge in [0.2, 0.25) is 0 Å². The van der Waals surface area contributed by atoms with E-state index in [9.17, 15) is 14.2 Å². The monoisotopic (exact) mass is 745 g/mol. The van der Waals surface area contributed by atoms with Crippen molar-refractivity contribution in [1.29, 1.82) is 0 Å². The molecular weight excluding hydrogens is 663 g/mol. The third-order valence-electron chi connectivity index (χ3n) is 9.53. The molecule has 0 aliphatic rings. The molecule has 2 N–H and O–H groups in total. The fourth-order valence-electron chi connectivity index (χ4n) is 6.31. The maximum absolute atomic E-state index is 12.4. The summed E-state index contributed by atoms with van der Waals surface area (Å²) in [6, 6.07) is 0. The molecular formula is C42H81O8P. The van der Waals surface area contributed by atoms with Crippen LogP contribution in [-0.4, -0.2) is 41.0 Å². The Bertz CT molecular complexity index is 843. The number of esters is 2. The van der Waals surface area contributed by atoms with E-state index in [0.29, 0.717) is 6.42 Å². The Morgan fingerprint density at radius 1 is 0.490 bits per heavy atom. The summed E-state index contributed by atoms with van der Waals surface area (Å²) in [4.78, 5) is 42.8. The normalized spacial score (nSPS) is 12.5. The average Bonchev–Trinajstić information content (AvgIpc) is 3.10. The number of hydrogen-bond acceptors (Lipinski definition) is 6. The highest BCUT2D eigenvalue weighted by atomic mass is 31.2. The molecule has 0 aromatic heterocycles. The van der Waals surface area contributed by atoms with Gasteiger partial charge in [-0.05, 0) is 38.5 Å². The second-order valence-corrected chi connectivity index (χ2v) is 15.9. The van der Waals surface area contributed by atoms with Gasteiger partial charge in [0.05, 0.1) is 6.61 Å². The zero-order chi connectivity index (χ0) is 37.5. The Balaban J connectivity index is 3.88. The van der Waals surface area contributed by atoms with Gasteiger partial charge < -0.3 is 19.3 Å². The zero-order valence-corrected chi connectivity index (χ0v) is 34.2. The second kappa shape index (κ2) is 38.5. The molecule has 0 aliphatic carbocycles. The van der Waals surface area contributed by atoms with Gasteiger partial charge in [-0.15, -0.1) is 0 Å². The van der Waals surface area contributed by atoms with E-state index in [2.05, 4.69) is 30.5 Å². The minimum Gasteiger partial charge on any atom is -0.462 e. The molecule has 51 heavy (non-hydrogen) atoms. The van der Waals surface area contributed by atoms with Gasteiger partial charge in [0.1, 0.15) is 6.61 Å². The Labute approximate surface area is 314 Å². The van der Waals surface area contributed by atoms with E-state index >= 15 is 0 Å². The first-order valence-corrected chi connectivity index (χ1v) is 23.0. The van der Waals surface area contributed by atoms with Crippen molar-refractivity contribution in [2.24, 2.45) is 0 Å². The average molecular weight is 745 g/mol. The number of ether oxygens (including phenoxy) is 2. The Hall–Kier alpha value is -1.21. The number of phosphoric ester groups is 1. The summed E-state index contributed by atoms with van der Waals surface area (Å²) in [5, 5.41) is 0. The highest BCUT2D eigenvalue weighted by Crippen LogP contribution is 2.36. The molecule has 0 aliphatic heterocycles. The van der Waals surface area contributed by atoms with Crippen molar-refractivity contribution in [2.45, 2.75) is 232 Å². The lowest BCUT2D eigenvalue weighted by atomic mass is 10.0. The lowest BCUT2D eigenvalue weighted by Gasteiger charge is -2.18. The summed E-state index contributed by atoms with van der Waals surface area (Å²) in [6.07, 6.45) is 42.2. The van der Waals surface area contributed by atoms with Crippen LogP contribution in [0.25, 0.3) is 0 Å². The van der Waals surface area contributed by atoms with Crippen LogP contribution in [0.5, 0.6) is 0 Å². The second-order valence-electron chi connectivity index (χ2n) is 14.7. The van der Waals surface area contributed by atoms with E-state index in [1.54, 1.807) is 0 Å². The van der Waals surface area contributed by atoms with E-state index in [4.69, 9.17) is 19.3 Å². The van der Waals surface area contributed by atoms with Gasteiger partial charge in [-0.3, -0.25) is 14.1 Å². The van der Waals surface area contributed by atoms with Gasteiger partial charge in [0, 0.05) is 12.8 Å². The van der Waals surface area contributed by atoms with Gasteiger partial charge in [-0.2, -0.15) is 0 Å². The number of unbranched alkanes of at least 4 members (excludes halogenated alkanes) is 28. The molecule has 8 nitrogen and oxygen atoms in total. The molecule has 0 aromatic carbocycles. The molecule has 0 radical (unpaired) electrons. The number of rotatable bonds is 40. The van der Waals surface area contributed by atoms with E-state index < -0.39 is 32.5 Å². The largest absolute Gasteiger partial charge is 0.469 e. The molecule has 0 aromatic rings. The molecule has 0 fully saturated rings. The van der Waals surface area contributed by atoms with Crippen molar-refractivity contribution in [2.75, 3.05) is 13.2 Å².